The molecule has 0 bridgehead atoms. The Kier molecular flexibility index (Phi) is 5.17. The van der Waals surface area contributed by atoms with Crippen LogP contribution in [0.5, 0.6) is 0 Å². The van der Waals surface area contributed by atoms with Crippen LogP contribution in [0.25, 0.3) is 5.69 Å². The third-order valence-electron chi connectivity index (χ3n) is 5.93. The fraction of sp³-hybridized carbons (Fsp3) is 0.524. The van der Waals surface area contributed by atoms with Crippen molar-refractivity contribution in [2.45, 2.75) is 63.9 Å². The van der Waals surface area contributed by atoms with Gasteiger partial charge in [0.15, 0.2) is 0 Å². The third kappa shape index (κ3) is 3.72. The molecule has 6 heteroatoms. The highest BCUT2D eigenvalue weighted by atomic mass is 32.2. The number of aryl methyl sites for hydroxylation is 1. The lowest BCUT2D eigenvalue weighted by molar-refractivity contribution is -0.117. The summed E-state index contributed by atoms with van der Waals surface area (Å²) < 4.78 is 13.9. The van der Waals surface area contributed by atoms with Crippen molar-refractivity contribution >= 4 is 22.5 Å². The Bertz CT molecular complexity index is 897. The molecule has 1 saturated carbocycles. The number of amides is 1. The second-order valence-electron chi connectivity index (χ2n) is 7.89. The summed E-state index contributed by atoms with van der Waals surface area (Å²) in [4.78, 5) is 12.8. The topological polar surface area (TPSA) is 64.0 Å². The smallest absolute Gasteiger partial charge is 0.225 e. The minimum atomic E-state index is -0.921. The summed E-state index contributed by atoms with van der Waals surface area (Å²) in [5, 5.41) is 7.85. The SMILES string of the molecule is Cc1cccc(-n2nc3c(c2NC(=O)CC2CCCCC2)C[S@@](=O)C3)c1C. The molecule has 0 spiro atoms. The standard InChI is InChI=1S/C21H27N3O2S/c1-14-7-6-10-19(15(14)2)24-21(17-12-27(26)13-18(17)23-24)22-20(25)11-16-8-4-3-5-9-16/h6-7,10,16H,3-5,8-9,11-13H2,1-2H3,(H,22,25)/t27-/m1/s1. The third-order valence-corrected chi connectivity index (χ3v) is 7.14. The number of fused-ring (bicyclic) bond motifs is 1. The molecule has 2 aliphatic rings. The first kappa shape index (κ1) is 18.4. The van der Waals surface area contributed by atoms with E-state index in [4.69, 9.17) is 5.10 Å². The van der Waals surface area contributed by atoms with Crippen molar-refractivity contribution in [1.82, 2.24) is 9.78 Å². The molecule has 0 saturated heterocycles. The first-order chi connectivity index (χ1) is 13.0. The monoisotopic (exact) mass is 385 g/mol. The predicted octanol–water partition coefficient (Wildman–Crippen LogP) is 4.16. The molecule has 1 amide bonds. The van der Waals surface area contributed by atoms with Crippen molar-refractivity contribution in [1.29, 1.82) is 0 Å². The lowest BCUT2D eigenvalue weighted by Gasteiger charge is -2.21. The molecule has 1 aromatic heterocycles. The number of carbonyl (C=O) groups is 1. The van der Waals surface area contributed by atoms with Gasteiger partial charge in [0.1, 0.15) is 5.82 Å². The number of benzene rings is 1. The highest BCUT2D eigenvalue weighted by molar-refractivity contribution is 7.83. The molecular formula is C21H27N3O2S. The maximum atomic E-state index is 12.8. The van der Waals surface area contributed by atoms with Gasteiger partial charge in [-0.3, -0.25) is 9.00 Å². The number of hydrogen-bond acceptors (Lipinski definition) is 3. The van der Waals surface area contributed by atoms with Crippen LogP contribution in [-0.2, 0) is 27.1 Å². The van der Waals surface area contributed by atoms with Crippen molar-refractivity contribution in [2.24, 2.45) is 5.92 Å². The fourth-order valence-corrected chi connectivity index (χ4v) is 5.50. The van der Waals surface area contributed by atoms with Crippen LogP contribution < -0.4 is 5.32 Å². The lowest BCUT2D eigenvalue weighted by Crippen LogP contribution is -2.21. The number of hydrogen-bond donors (Lipinski definition) is 1. The predicted molar refractivity (Wildman–Crippen MR) is 108 cm³/mol. The highest BCUT2D eigenvalue weighted by Crippen LogP contribution is 2.33. The van der Waals surface area contributed by atoms with E-state index < -0.39 is 10.8 Å². The van der Waals surface area contributed by atoms with Gasteiger partial charge >= 0.3 is 0 Å². The number of rotatable bonds is 4. The number of aromatic nitrogens is 2. The molecule has 1 aliphatic heterocycles. The van der Waals surface area contributed by atoms with Gasteiger partial charge in [0.05, 0.1) is 22.9 Å². The molecule has 4 rings (SSSR count). The maximum Gasteiger partial charge on any atom is 0.225 e. The summed E-state index contributed by atoms with van der Waals surface area (Å²) in [5.41, 5.74) is 5.09. The van der Waals surface area contributed by atoms with E-state index in [0.717, 1.165) is 35.3 Å². The Morgan fingerprint density at radius 3 is 2.78 bits per heavy atom. The highest BCUT2D eigenvalue weighted by Gasteiger charge is 2.29. The van der Waals surface area contributed by atoms with Gasteiger partial charge in [-0.2, -0.15) is 5.10 Å². The second-order valence-corrected chi connectivity index (χ2v) is 9.35. The first-order valence-corrected chi connectivity index (χ1v) is 11.3. The molecule has 2 aromatic rings. The van der Waals surface area contributed by atoms with Gasteiger partial charge in [0.2, 0.25) is 5.91 Å². The van der Waals surface area contributed by atoms with E-state index in [1.807, 2.05) is 16.8 Å². The molecule has 1 N–H and O–H groups in total. The van der Waals surface area contributed by atoms with E-state index >= 15 is 0 Å². The first-order valence-electron chi connectivity index (χ1n) is 9.85. The number of anilines is 1. The van der Waals surface area contributed by atoms with Crippen LogP contribution >= 0.6 is 0 Å². The number of nitrogens with zero attached hydrogens (tertiary/aromatic N) is 2. The van der Waals surface area contributed by atoms with E-state index in [-0.39, 0.29) is 5.91 Å². The zero-order valence-electron chi connectivity index (χ0n) is 16.1. The van der Waals surface area contributed by atoms with E-state index in [1.54, 1.807) is 0 Å². The van der Waals surface area contributed by atoms with E-state index in [2.05, 4.69) is 25.2 Å². The second kappa shape index (κ2) is 7.58. The van der Waals surface area contributed by atoms with Crippen molar-refractivity contribution < 1.29 is 9.00 Å². The summed E-state index contributed by atoms with van der Waals surface area (Å²) in [6.07, 6.45) is 6.60. The normalized spacial score (nSPS) is 19.9. The maximum absolute atomic E-state index is 12.8. The Morgan fingerprint density at radius 1 is 1.22 bits per heavy atom. The number of nitrogens with one attached hydrogen (secondary N) is 1. The van der Waals surface area contributed by atoms with Gasteiger partial charge in [-0.1, -0.05) is 31.4 Å². The average molecular weight is 386 g/mol. The van der Waals surface area contributed by atoms with Gasteiger partial charge in [0, 0.05) is 22.8 Å². The summed E-state index contributed by atoms with van der Waals surface area (Å²) in [6, 6.07) is 6.11. The molecule has 2 heterocycles. The Labute approximate surface area is 163 Å². The zero-order chi connectivity index (χ0) is 19.0. The Morgan fingerprint density at radius 2 is 2.00 bits per heavy atom. The van der Waals surface area contributed by atoms with Crippen LogP contribution in [0, 0.1) is 19.8 Å². The van der Waals surface area contributed by atoms with E-state index in [0.29, 0.717) is 29.7 Å². The van der Waals surface area contributed by atoms with Crippen molar-refractivity contribution in [2.75, 3.05) is 5.32 Å². The van der Waals surface area contributed by atoms with Gasteiger partial charge in [-0.15, -0.1) is 0 Å². The molecule has 27 heavy (non-hydrogen) atoms. The minimum absolute atomic E-state index is 0.0499. The molecule has 0 radical (unpaired) electrons. The minimum Gasteiger partial charge on any atom is -0.310 e. The van der Waals surface area contributed by atoms with Crippen LogP contribution in [-0.4, -0.2) is 19.9 Å². The molecule has 5 nitrogen and oxygen atoms in total. The van der Waals surface area contributed by atoms with Crippen LogP contribution in [0.3, 0.4) is 0 Å². The molecular weight excluding hydrogens is 358 g/mol. The largest absolute Gasteiger partial charge is 0.310 e. The van der Waals surface area contributed by atoms with Crippen LogP contribution in [0.15, 0.2) is 18.2 Å². The van der Waals surface area contributed by atoms with E-state index in [9.17, 15) is 9.00 Å². The van der Waals surface area contributed by atoms with Crippen molar-refractivity contribution in [3.8, 4) is 5.69 Å². The molecule has 1 aromatic carbocycles. The van der Waals surface area contributed by atoms with Gasteiger partial charge in [0.25, 0.3) is 0 Å². The fourth-order valence-electron chi connectivity index (χ4n) is 4.23. The van der Waals surface area contributed by atoms with Crippen molar-refractivity contribution in [3.05, 3.63) is 40.6 Å². The summed E-state index contributed by atoms with van der Waals surface area (Å²) in [7, 11) is -0.921. The molecule has 144 valence electrons. The van der Waals surface area contributed by atoms with E-state index in [1.165, 1.54) is 24.8 Å². The zero-order valence-corrected chi connectivity index (χ0v) is 16.9. The van der Waals surface area contributed by atoms with Crippen LogP contribution in [0.1, 0.15) is 60.9 Å². The van der Waals surface area contributed by atoms with Gasteiger partial charge in [-0.05, 0) is 49.8 Å². The summed E-state index contributed by atoms with van der Waals surface area (Å²) in [5.74, 6) is 2.19. The molecule has 0 unspecified atom stereocenters. The van der Waals surface area contributed by atoms with Crippen LogP contribution in [0.4, 0.5) is 5.82 Å². The average Bonchev–Trinajstić information content (AvgIpc) is 3.15. The molecule has 1 atom stereocenters. The quantitative estimate of drug-likeness (QED) is 0.859. The lowest BCUT2D eigenvalue weighted by atomic mass is 9.87. The van der Waals surface area contributed by atoms with Gasteiger partial charge in [-0.25, -0.2) is 4.68 Å². The number of carbonyl (C=O) groups excluding carboxylic acids is 1. The van der Waals surface area contributed by atoms with Crippen LogP contribution in [0.2, 0.25) is 0 Å². The molecule has 1 aliphatic carbocycles. The molecule has 1 fully saturated rings. The Hall–Kier alpha value is -1.95. The van der Waals surface area contributed by atoms with Gasteiger partial charge < -0.3 is 5.32 Å². The summed E-state index contributed by atoms with van der Waals surface area (Å²) >= 11 is 0. The summed E-state index contributed by atoms with van der Waals surface area (Å²) in [6.45, 7) is 4.15. The Balaban J connectivity index is 1.65. The van der Waals surface area contributed by atoms with Crippen molar-refractivity contribution in [3.63, 3.8) is 0 Å².